The number of anilines is 2. The zero-order chi connectivity index (χ0) is 19.9. The number of hydrogen-bond acceptors (Lipinski definition) is 3. The van der Waals surface area contributed by atoms with Crippen molar-refractivity contribution in [2.24, 2.45) is 5.92 Å². The lowest BCUT2D eigenvalue weighted by atomic mass is 9.88. The zero-order valence-corrected chi connectivity index (χ0v) is 16.0. The SMILES string of the molecule is CC(C)(CCC(=O)O)NC(=O)Nc1cccc(NC(=O)C2CCCCC2)c1. The molecule has 0 saturated heterocycles. The van der Waals surface area contributed by atoms with Crippen LogP contribution in [0.1, 0.15) is 58.8 Å². The third-order valence-corrected chi connectivity index (χ3v) is 4.78. The summed E-state index contributed by atoms with van der Waals surface area (Å²) in [7, 11) is 0. The Morgan fingerprint density at radius 2 is 1.70 bits per heavy atom. The van der Waals surface area contributed by atoms with Gasteiger partial charge < -0.3 is 21.1 Å². The van der Waals surface area contributed by atoms with E-state index in [-0.39, 0.29) is 18.2 Å². The van der Waals surface area contributed by atoms with Crippen LogP contribution in [-0.2, 0) is 9.59 Å². The van der Waals surface area contributed by atoms with Crippen molar-refractivity contribution in [3.05, 3.63) is 24.3 Å². The molecule has 7 nitrogen and oxygen atoms in total. The topological polar surface area (TPSA) is 108 Å². The molecule has 0 atom stereocenters. The molecule has 0 aromatic heterocycles. The molecule has 0 spiro atoms. The quantitative estimate of drug-likeness (QED) is 0.578. The smallest absolute Gasteiger partial charge is 0.319 e. The van der Waals surface area contributed by atoms with Crippen LogP contribution in [0.5, 0.6) is 0 Å². The van der Waals surface area contributed by atoms with Crippen LogP contribution < -0.4 is 16.0 Å². The van der Waals surface area contributed by atoms with Crippen LogP contribution in [-0.4, -0.2) is 28.6 Å². The molecule has 0 heterocycles. The standard InChI is InChI=1S/C20H29N3O4/c1-20(2,12-11-17(24)25)23-19(27)22-16-10-6-9-15(13-16)21-18(26)14-7-4-3-5-8-14/h6,9-10,13-14H,3-5,7-8,11-12H2,1-2H3,(H,21,26)(H,24,25)(H2,22,23,27). The molecule has 0 radical (unpaired) electrons. The van der Waals surface area contributed by atoms with E-state index in [0.717, 1.165) is 25.7 Å². The van der Waals surface area contributed by atoms with Gasteiger partial charge in [0.2, 0.25) is 5.91 Å². The number of hydrogen-bond donors (Lipinski definition) is 4. The number of benzene rings is 1. The molecule has 0 aliphatic heterocycles. The van der Waals surface area contributed by atoms with E-state index in [9.17, 15) is 14.4 Å². The largest absolute Gasteiger partial charge is 0.481 e. The second kappa shape index (κ2) is 9.39. The average molecular weight is 375 g/mol. The first-order chi connectivity index (χ1) is 12.7. The summed E-state index contributed by atoms with van der Waals surface area (Å²) < 4.78 is 0. The van der Waals surface area contributed by atoms with Crippen LogP contribution in [0.4, 0.5) is 16.2 Å². The second-order valence-electron chi connectivity index (χ2n) is 7.76. The van der Waals surface area contributed by atoms with E-state index < -0.39 is 17.5 Å². The molecule has 1 aliphatic carbocycles. The van der Waals surface area contributed by atoms with E-state index in [1.165, 1.54) is 6.42 Å². The van der Waals surface area contributed by atoms with Crippen molar-refractivity contribution in [1.82, 2.24) is 5.32 Å². The van der Waals surface area contributed by atoms with Gasteiger partial charge in [-0.15, -0.1) is 0 Å². The normalized spacial score (nSPS) is 15.0. The maximum atomic E-state index is 12.4. The highest BCUT2D eigenvalue weighted by Gasteiger charge is 2.22. The second-order valence-corrected chi connectivity index (χ2v) is 7.76. The molecule has 7 heteroatoms. The summed E-state index contributed by atoms with van der Waals surface area (Å²) in [6.07, 6.45) is 5.55. The Bertz CT molecular complexity index is 682. The molecule has 27 heavy (non-hydrogen) atoms. The Labute approximate surface area is 159 Å². The van der Waals surface area contributed by atoms with Crippen LogP contribution in [0, 0.1) is 5.92 Å². The van der Waals surface area contributed by atoms with Gasteiger partial charge in [0.05, 0.1) is 0 Å². The Morgan fingerprint density at radius 3 is 2.33 bits per heavy atom. The summed E-state index contributed by atoms with van der Waals surface area (Å²) in [6.45, 7) is 3.55. The van der Waals surface area contributed by atoms with E-state index in [4.69, 9.17) is 5.11 Å². The van der Waals surface area contributed by atoms with Crippen molar-refractivity contribution in [1.29, 1.82) is 0 Å². The van der Waals surface area contributed by atoms with Crippen molar-refractivity contribution < 1.29 is 19.5 Å². The van der Waals surface area contributed by atoms with Gasteiger partial charge in [-0.25, -0.2) is 4.79 Å². The zero-order valence-electron chi connectivity index (χ0n) is 16.0. The maximum absolute atomic E-state index is 12.4. The number of carboxylic acid groups (broad SMARTS) is 1. The van der Waals surface area contributed by atoms with Gasteiger partial charge in [0, 0.05) is 29.3 Å². The van der Waals surface area contributed by atoms with Crippen LogP contribution in [0.15, 0.2) is 24.3 Å². The van der Waals surface area contributed by atoms with Gasteiger partial charge in [0.15, 0.2) is 0 Å². The van der Waals surface area contributed by atoms with E-state index in [1.54, 1.807) is 38.1 Å². The monoisotopic (exact) mass is 375 g/mol. The first-order valence-electron chi connectivity index (χ1n) is 9.47. The van der Waals surface area contributed by atoms with E-state index >= 15 is 0 Å². The molecular weight excluding hydrogens is 346 g/mol. The number of carbonyl (C=O) groups excluding carboxylic acids is 2. The van der Waals surface area contributed by atoms with Gasteiger partial charge in [0.25, 0.3) is 0 Å². The van der Waals surface area contributed by atoms with Crippen molar-refractivity contribution >= 4 is 29.3 Å². The lowest BCUT2D eigenvalue weighted by Crippen LogP contribution is -2.45. The van der Waals surface area contributed by atoms with E-state index in [0.29, 0.717) is 17.8 Å². The molecule has 4 N–H and O–H groups in total. The Kier molecular flexibility index (Phi) is 7.21. The highest BCUT2D eigenvalue weighted by molar-refractivity contribution is 5.94. The third kappa shape index (κ3) is 7.29. The molecule has 1 saturated carbocycles. The van der Waals surface area contributed by atoms with Gasteiger partial charge >= 0.3 is 12.0 Å². The number of aliphatic carboxylic acids is 1. The lowest BCUT2D eigenvalue weighted by molar-refractivity contribution is -0.137. The van der Waals surface area contributed by atoms with Crippen LogP contribution >= 0.6 is 0 Å². The van der Waals surface area contributed by atoms with Crippen molar-refractivity contribution in [2.75, 3.05) is 10.6 Å². The average Bonchev–Trinajstić information content (AvgIpc) is 2.60. The molecule has 148 valence electrons. The van der Waals surface area contributed by atoms with Crippen LogP contribution in [0.25, 0.3) is 0 Å². The van der Waals surface area contributed by atoms with Crippen molar-refractivity contribution in [2.45, 2.75) is 64.3 Å². The molecule has 0 bridgehead atoms. The van der Waals surface area contributed by atoms with Gasteiger partial charge in [-0.05, 0) is 51.3 Å². The number of urea groups is 1. The molecule has 1 aromatic rings. The first-order valence-corrected chi connectivity index (χ1v) is 9.47. The minimum absolute atomic E-state index is 0.0179. The third-order valence-electron chi connectivity index (χ3n) is 4.78. The van der Waals surface area contributed by atoms with Gasteiger partial charge in [-0.2, -0.15) is 0 Å². The highest BCUT2D eigenvalue weighted by Crippen LogP contribution is 2.25. The molecule has 0 unspecified atom stereocenters. The Balaban J connectivity index is 1.89. The Morgan fingerprint density at radius 1 is 1.07 bits per heavy atom. The summed E-state index contributed by atoms with van der Waals surface area (Å²) in [5.74, 6) is -0.800. The number of carbonyl (C=O) groups is 3. The fraction of sp³-hybridized carbons (Fsp3) is 0.550. The number of rotatable bonds is 7. The predicted molar refractivity (Wildman–Crippen MR) is 105 cm³/mol. The predicted octanol–water partition coefficient (Wildman–Crippen LogP) is 3.97. The summed E-state index contributed by atoms with van der Waals surface area (Å²) in [4.78, 5) is 35.3. The van der Waals surface area contributed by atoms with Gasteiger partial charge in [-0.3, -0.25) is 9.59 Å². The number of nitrogens with one attached hydrogen (secondary N) is 3. The van der Waals surface area contributed by atoms with Crippen molar-refractivity contribution in [3.8, 4) is 0 Å². The highest BCUT2D eigenvalue weighted by atomic mass is 16.4. The summed E-state index contributed by atoms with van der Waals surface area (Å²) >= 11 is 0. The first kappa shape index (κ1) is 20.7. The minimum atomic E-state index is -0.897. The minimum Gasteiger partial charge on any atom is -0.481 e. The molecule has 1 aromatic carbocycles. The van der Waals surface area contributed by atoms with Crippen LogP contribution in [0.3, 0.4) is 0 Å². The lowest BCUT2D eigenvalue weighted by Gasteiger charge is -2.25. The number of carboxylic acids is 1. The summed E-state index contributed by atoms with van der Waals surface area (Å²) in [5, 5.41) is 17.2. The van der Waals surface area contributed by atoms with Gasteiger partial charge in [-0.1, -0.05) is 25.3 Å². The molecule has 1 fully saturated rings. The van der Waals surface area contributed by atoms with Crippen LogP contribution in [0.2, 0.25) is 0 Å². The molecular formula is C20H29N3O4. The Hall–Kier alpha value is -2.57. The van der Waals surface area contributed by atoms with Crippen molar-refractivity contribution in [3.63, 3.8) is 0 Å². The summed E-state index contributed by atoms with van der Waals surface area (Å²) in [5.41, 5.74) is 0.562. The number of amides is 3. The molecule has 3 amide bonds. The molecule has 2 rings (SSSR count). The fourth-order valence-electron chi connectivity index (χ4n) is 3.24. The van der Waals surface area contributed by atoms with E-state index in [2.05, 4.69) is 16.0 Å². The maximum Gasteiger partial charge on any atom is 0.319 e. The van der Waals surface area contributed by atoms with E-state index in [1.807, 2.05) is 0 Å². The molecule has 1 aliphatic rings. The van der Waals surface area contributed by atoms with Gasteiger partial charge in [0.1, 0.15) is 0 Å². The fourth-order valence-corrected chi connectivity index (χ4v) is 3.24. The summed E-state index contributed by atoms with van der Waals surface area (Å²) in [6, 6.07) is 6.59.